The number of benzene rings is 1. The van der Waals surface area contributed by atoms with Crippen LogP contribution in [0.15, 0.2) is 18.2 Å². The molecule has 106 valence electrons. The Balaban J connectivity index is 2.15. The number of phenolic OH excluding ortho intramolecular Hbond substituents is 1. The van der Waals surface area contributed by atoms with Crippen LogP contribution in [-0.2, 0) is 13.6 Å². The first kappa shape index (κ1) is 14.8. The summed E-state index contributed by atoms with van der Waals surface area (Å²) in [5.74, 6) is -0.300. The Morgan fingerprint density at radius 2 is 2.15 bits per heavy atom. The maximum atomic E-state index is 12.1. The van der Waals surface area contributed by atoms with Crippen LogP contribution in [-0.4, -0.2) is 20.8 Å². The number of rotatable bonds is 3. The molecule has 5 nitrogen and oxygen atoms in total. The molecular weight excluding hydrogens is 369 g/mol. The van der Waals surface area contributed by atoms with Crippen LogP contribution in [0.5, 0.6) is 5.75 Å². The summed E-state index contributed by atoms with van der Waals surface area (Å²) in [5, 5.41) is 16.9. The van der Waals surface area contributed by atoms with E-state index in [0.717, 1.165) is 20.5 Å². The third kappa shape index (κ3) is 2.95. The van der Waals surface area contributed by atoms with Gasteiger partial charge in [0.25, 0.3) is 5.91 Å². The number of aromatic nitrogens is 2. The van der Waals surface area contributed by atoms with Crippen molar-refractivity contribution in [2.45, 2.75) is 20.4 Å². The Morgan fingerprint density at radius 3 is 2.75 bits per heavy atom. The van der Waals surface area contributed by atoms with E-state index in [2.05, 4.69) is 33.0 Å². The number of hydrogen-bond acceptors (Lipinski definition) is 3. The second kappa shape index (κ2) is 5.82. The molecule has 1 aromatic carbocycles. The molecule has 1 heterocycles. The predicted octanol–water partition coefficient (Wildman–Crippen LogP) is 2.28. The normalized spacial score (nSPS) is 10.6. The van der Waals surface area contributed by atoms with Gasteiger partial charge in [0.1, 0.15) is 5.75 Å². The quantitative estimate of drug-likeness (QED) is 0.797. The zero-order valence-corrected chi connectivity index (χ0v) is 13.7. The fraction of sp³-hybridized carbons (Fsp3) is 0.286. The Bertz CT molecular complexity index is 665. The molecule has 0 aliphatic carbocycles. The third-order valence-electron chi connectivity index (χ3n) is 3.29. The maximum absolute atomic E-state index is 12.1. The first-order valence-electron chi connectivity index (χ1n) is 6.16. The van der Waals surface area contributed by atoms with E-state index < -0.39 is 0 Å². The van der Waals surface area contributed by atoms with Crippen LogP contribution in [0, 0.1) is 17.4 Å². The van der Waals surface area contributed by atoms with Crippen molar-refractivity contribution in [3.05, 3.63) is 44.3 Å². The molecule has 0 spiro atoms. The summed E-state index contributed by atoms with van der Waals surface area (Å²) in [6, 6.07) is 4.94. The highest BCUT2D eigenvalue weighted by Crippen LogP contribution is 2.20. The molecule has 0 fully saturated rings. The van der Waals surface area contributed by atoms with Gasteiger partial charge in [0, 0.05) is 28.4 Å². The summed E-state index contributed by atoms with van der Waals surface area (Å²) >= 11 is 2.10. The number of phenols is 1. The smallest absolute Gasteiger partial charge is 0.255 e. The minimum absolute atomic E-state index is 0.0115. The van der Waals surface area contributed by atoms with Gasteiger partial charge >= 0.3 is 0 Å². The lowest BCUT2D eigenvalue weighted by Crippen LogP contribution is -2.23. The molecule has 0 saturated carbocycles. The highest BCUT2D eigenvalue weighted by molar-refractivity contribution is 14.1. The maximum Gasteiger partial charge on any atom is 0.255 e. The molecule has 2 rings (SSSR count). The minimum atomic E-state index is -0.288. The lowest BCUT2D eigenvalue weighted by molar-refractivity contribution is 0.0948. The van der Waals surface area contributed by atoms with E-state index in [1.54, 1.807) is 16.8 Å². The number of carbonyl (C=O) groups excluding carboxylic acids is 1. The lowest BCUT2D eigenvalue weighted by Gasteiger charge is -2.08. The topological polar surface area (TPSA) is 67.2 Å². The summed E-state index contributed by atoms with van der Waals surface area (Å²) in [4.78, 5) is 12.1. The average molecular weight is 385 g/mol. The fourth-order valence-electron chi connectivity index (χ4n) is 2.03. The minimum Gasteiger partial charge on any atom is -0.507 e. The van der Waals surface area contributed by atoms with Crippen LogP contribution in [0.4, 0.5) is 0 Å². The van der Waals surface area contributed by atoms with Gasteiger partial charge in [-0.15, -0.1) is 0 Å². The van der Waals surface area contributed by atoms with E-state index in [1.165, 1.54) is 6.07 Å². The molecular formula is C14H16IN3O2. The molecule has 0 aliphatic heterocycles. The molecule has 0 aliphatic rings. The van der Waals surface area contributed by atoms with Crippen LogP contribution in [0.1, 0.15) is 27.3 Å². The van der Waals surface area contributed by atoms with Gasteiger partial charge in [-0.3, -0.25) is 9.48 Å². The number of aryl methyl sites for hydroxylation is 2. The van der Waals surface area contributed by atoms with Crippen molar-refractivity contribution in [1.82, 2.24) is 15.1 Å². The number of amides is 1. The van der Waals surface area contributed by atoms with Crippen LogP contribution in [0.3, 0.4) is 0 Å². The monoisotopic (exact) mass is 385 g/mol. The van der Waals surface area contributed by atoms with E-state index in [1.807, 2.05) is 20.9 Å². The first-order chi connectivity index (χ1) is 9.40. The molecule has 0 unspecified atom stereocenters. The molecule has 0 saturated heterocycles. The fourth-order valence-corrected chi connectivity index (χ4v) is 2.52. The van der Waals surface area contributed by atoms with Gasteiger partial charge in [-0.05, 0) is 54.6 Å². The van der Waals surface area contributed by atoms with Gasteiger partial charge in [0.05, 0.1) is 11.3 Å². The first-order valence-corrected chi connectivity index (χ1v) is 7.24. The lowest BCUT2D eigenvalue weighted by atomic mass is 10.1. The zero-order chi connectivity index (χ0) is 14.9. The number of halogens is 1. The Hall–Kier alpha value is -1.57. The Morgan fingerprint density at radius 1 is 1.45 bits per heavy atom. The average Bonchev–Trinajstić information content (AvgIpc) is 2.64. The molecule has 1 amide bonds. The van der Waals surface area contributed by atoms with E-state index >= 15 is 0 Å². The number of nitrogens with zero attached hydrogens (tertiary/aromatic N) is 2. The molecule has 1 aromatic heterocycles. The van der Waals surface area contributed by atoms with Crippen molar-refractivity contribution >= 4 is 28.5 Å². The van der Waals surface area contributed by atoms with E-state index in [-0.39, 0.29) is 17.2 Å². The number of carbonyl (C=O) groups is 1. The SMILES string of the molecule is Cc1nn(C)c(C)c1CNC(=O)c1cc(I)ccc1O. The van der Waals surface area contributed by atoms with Gasteiger partial charge in [-0.1, -0.05) is 0 Å². The van der Waals surface area contributed by atoms with Crippen molar-refractivity contribution < 1.29 is 9.90 Å². The van der Waals surface area contributed by atoms with Gasteiger partial charge in [-0.2, -0.15) is 5.10 Å². The summed E-state index contributed by atoms with van der Waals surface area (Å²) in [6.45, 7) is 4.27. The number of hydrogen-bond donors (Lipinski definition) is 2. The summed E-state index contributed by atoms with van der Waals surface area (Å²) in [6.07, 6.45) is 0. The van der Waals surface area contributed by atoms with Crippen LogP contribution in [0.25, 0.3) is 0 Å². The molecule has 0 bridgehead atoms. The standard InChI is InChI=1S/C14H16IN3O2/c1-8-12(9(2)18(3)17-8)7-16-14(20)11-6-10(15)4-5-13(11)19/h4-6,19H,7H2,1-3H3,(H,16,20). The Kier molecular flexibility index (Phi) is 4.32. The Labute approximate surface area is 131 Å². The van der Waals surface area contributed by atoms with Crippen molar-refractivity contribution in [1.29, 1.82) is 0 Å². The van der Waals surface area contributed by atoms with Gasteiger partial charge in [0.15, 0.2) is 0 Å². The van der Waals surface area contributed by atoms with Crippen LogP contribution >= 0.6 is 22.6 Å². The molecule has 6 heteroatoms. The van der Waals surface area contributed by atoms with Crippen molar-refractivity contribution in [2.24, 2.45) is 7.05 Å². The second-order valence-electron chi connectivity index (χ2n) is 4.62. The molecule has 0 radical (unpaired) electrons. The van der Waals surface area contributed by atoms with Crippen molar-refractivity contribution in [2.75, 3.05) is 0 Å². The second-order valence-corrected chi connectivity index (χ2v) is 5.86. The summed E-state index contributed by atoms with van der Waals surface area (Å²) in [7, 11) is 1.87. The summed E-state index contributed by atoms with van der Waals surface area (Å²) in [5.41, 5.74) is 3.22. The molecule has 2 N–H and O–H groups in total. The van der Waals surface area contributed by atoms with Gasteiger partial charge in [0.2, 0.25) is 0 Å². The van der Waals surface area contributed by atoms with Crippen molar-refractivity contribution in [3.63, 3.8) is 0 Å². The molecule has 20 heavy (non-hydrogen) atoms. The number of aromatic hydroxyl groups is 1. The van der Waals surface area contributed by atoms with E-state index in [9.17, 15) is 9.90 Å². The highest BCUT2D eigenvalue weighted by atomic mass is 127. The van der Waals surface area contributed by atoms with Crippen LogP contribution < -0.4 is 5.32 Å². The zero-order valence-electron chi connectivity index (χ0n) is 11.6. The molecule has 2 aromatic rings. The third-order valence-corrected chi connectivity index (χ3v) is 3.96. The van der Waals surface area contributed by atoms with Crippen molar-refractivity contribution in [3.8, 4) is 5.75 Å². The van der Waals surface area contributed by atoms with Crippen LogP contribution in [0.2, 0.25) is 0 Å². The highest BCUT2D eigenvalue weighted by Gasteiger charge is 2.14. The van der Waals surface area contributed by atoms with Gasteiger partial charge in [-0.25, -0.2) is 0 Å². The largest absolute Gasteiger partial charge is 0.507 e. The summed E-state index contributed by atoms with van der Waals surface area (Å²) < 4.78 is 2.69. The number of nitrogens with one attached hydrogen (secondary N) is 1. The predicted molar refractivity (Wildman–Crippen MR) is 84.7 cm³/mol. The van der Waals surface area contributed by atoms with Gasteiger partial charge < -0.3 is 10.4 Å². The van der Waals surface area contributed by atoms with E-state index in [4.69, 9.17) is 0 Å². The molecule has 0 atom stereocenters. The van der Waals surface area contributed by atoms with E-state index in [0.29, 0.717) is 6.54 Å².